The predicted molar refractivity (Wildman–Crippen MR) is 87.5 cm³/mol. The third-order valence-corrected chi connectivity index (χ3v) is 2.91. The number of nitrogens with zero attached hydrogens (tertiary/aromatic N) is 1. The van der Waals surface area contributed by atoms with Gasteiger partial charge < -0.3 is 15.8 Å². The highest BCUT2D eigenvalue weighted by Gasteiger charge is 2.04. The molecule has 0 aromatic rings. The topological polar surface area (TPSA) is 59.6 Å². The van der Waals surface area contributed by atoms with Crippen molar-refractivity contribution >= 4 is 29.9 Å². The molecule has 1 aliphatic carbocycles. The van der Waals surface area contributed by atoms with Gasteiger partial charge in [-0.1, -0.05) is 11.6 Å². The lowest BCUT2D eigenvalue weighted by Crippen LogP contribution is -2.40. The van der Waals surface area contributed by atoms with E-state index in [-0.39, 0.29) is 30.0 Å². The van der Waals surface area contributed by atoms with E-state index in [1.54, 1.807) is 7.11 Å². The van der Waals surface area contributed by atoms with Crippen LogP contribution >= 0.6 is 24.0 Å². The Morgan fingerprint density at radius 1 is 1.56 bits per heavy atom. The van der Waals surface area contributed by atoms with Gasteiger partial charge in [0.05, 0.1) is 6.61 Å². The summed E-state index contributed by atoms with van der Waals surface area (Å²) in [5, 5.41) is 3.10. The molecule has 0 radical (unpaired) electrons. The molecule has 0 fully saturated rings. The van der Waals surface area contributed by atoms with E-state index in [2.05, 4.69) is 16.4 Å². The van der Waals surface area contributed by atoms with E-state index in [4.69, 9.17) is 10.5 Å². The Labute approximate surface area is 127 Å². The van der Waals surface area contributed by atoms with E-state index < -0.39 is 0 Å². The average molecular weight is 367 g/mol. The molecule has 18 heavy (non-hydrogen) atoms. The second kappa shape index (κ2) is 10.6. The Kier molecular flexibility index (Phi) is 10.4. The largest absolute Gasteiger partial charge is 0.383 e. The first-order valence-corrected chi connectivity index (χ1v) is 6.45. The lowest BCUT2D eigenvalue weighted by atomic mass is 9.97. The first-order chi connectivity index (χ1) is 8.22. The molecular weight excluding hydrogens is 341 g/mol. The fraction of sp³-hybridized carbons (Fsp3) is 0.769. The molecule has 1 aliphatic rings. The molecule has 0 bridgehead atoms. The molecule has 0 aliphatic heterocycles. The summed E-state index contributed by atoms with van der Waals surface area (Å²) in [5.74, 6) is 0.519. The lowest BCUT2D eigenvalue weighted by Gasteiger charge is -2.14. The van der Waals surface area contributed by atoms with E-state index in [0.29, 0.717) is 12.6 Å². The van der Waals surface area contributed by atoms with E-state index >= 15 is 0 Å². The van der Waals surface area contributed by atoms with Gasteiger partial charge in [0.25, 0.3) is 0 Å². The maximum atomic E-state index is 5.78. The number of nitrogens with one attached hydrogen (secondary N) is 1. The first-order valence-electron chi connectivity index (χ1n) is 6.45. The third kappa shape index (κ3) is 7.92. The van der Waals surface area contributed by atoms with Crippen molar-refractivity contribution in [1.29, 1.82) is 0 Å². The molecular formula is C13H26IN3O. The van der Waals surface area contributed by atoms with Crippen LogP contribution in [0.1, 0.15) is 39.0 Å². The second-order valence-electron chi connectivity index (χ2n) is 4.63. The van der Waals surface area contributed by atoms with Crippen molar-refractivity contribution in [1.82, 2.24) is 5.32 Å². The molecule has 106 valence electrons. The van der Waals surface area contributed by atoms with Crippen molar-refractivity contribution in [3.8, 4) is 0 Å². The van der Waals surface area contributed by atoms with Gasteiger partial charge in [0, 0.05) is 19.7 Å². The maximum absolute atomic E-state index is 5.78. The van der Waals surface area contributed by atoms with Crippen LogP contribution in [0, 0.1) is 0 Å². The number of allylic oxidation sites excluding steroid dienone is 1. The number of guanidine groups is 1. The number of ether oxygens (including phenoxy) is 1. The normalized spacial score (nSPS) is 17.7. The molecule has 5 heteroatoms. The molecule has 0 aromatic heterocycles. The van der Waals surface area contributed by atoms with Crippen LogP contribution in [0.25, 0.3) is 0 Å². The minimum Gasteiger partial charge on any atom is -0.383 e. The Hall–Kier alpha value is -0.300. The number of aliphatic imine (C=N–C) groups is 1. The third-order valence-electron chi connectivity index (χ3n) is 2.91. The van der Waals surface area contributed by atoms with Gasteiger partial charge in [-0.05, 0) is 39.0 Å². The van der Waals surface area contributed by atoms with Gasteiger partial charge >= 0.3 is 0 Å². The number of hydrogen-bond donors (Lipinski definition) is 2. The molecule has 0 spiro atoms. The van der Waals surface area contributed by atoms with Crippen LogP contribution in [0.3, 0.4) is 0 Å². The summed E-state index contributed by atoms with van der Waals surface area (Å²) in [7, 11) is 1.68. The van der Waals surface area contributed by atoms with E-state index in [1.165, 1.54) is 31.3 Å². The van der Waals surface area contributed by atoms with E-state index in [1.807, 2.05) is 6.92 Å². The van der Waals surface area contributed by atoms with E-state index in [0.717, 1.165) is 13.0 Å². The summed E-state index contributed by atoms with van der Waals surface area (Å²) < 4.78 is 5.02. The van der Waals surface area contributed by atoms with Crippen LogP contribution in [0.15, 0.2) is 16.6 Å². The Morgan fingerprint density at radius 3 is 2.94 bits per heavy atom. The van der Waals surface area contributed by atoms with Crippen molar-refractivity contribution in [2.24, 2.45) is 10.7 Å². The summed E-state index contributed by atoms with van der Waals surface area (Å²) in [6.07, 6.45) is 8.54. The quantitative estimate of drug-likeness (QED) is 0.328. The highest BCUT2D eigenvalue weighted by atomic mass is 127. The molecule has 4 nitrogen and oxygen atoms in total. The van der Waals surface area contributed by atoms with Crippen LogP contribution in [-0.2, 0) is 4.74 Å². The number of nitrogens with two attached hydrogens (primary N) is 1. The van der Waals surface area contributed by atoms with Crippen molar-refractivity contribution in [3.05, 3.63) is 11.6 Å². The number of halogens is 1. The summed E-state index contributed by atoms with van der Waals surface area (Å²) in [6, 6.07) is 0.206. The molecule has 0 saturated carbocycles. The Morgan fingerprint density at radius 2 is 2.33 bits per heavy atom. The fourth-order valence-corrected chi connectivity index (χ4v) is 2.04. The van der Waals surface area contributed by atoms with Crippen LogP contribution in [-0.4, -0.2) is 32.3 Å². The minimum absolute atomic E-state index is 0. The van der Waals surface area contributed by atoms with Gasteiger partial charge in [0.15, 0.2) is 5.96 Å². The monoisotopic (exact) mass is 367 g/mol. The fourth-order valence-electron chi connectivity index (χ4n) is 2.04. The molecule has 3 N–H and O–H groups in total. The van der Waals surface area contributed by atoms with E-state index in [9.17, 15) is 0 Å². The van der Waals surface area contributed by atoms with Gasteiger partial charge in [-0.15, -0.1) is 24.0 Å². The number of rotatable bonds is 6. The Balaban J connectivity index is 0.00000289. The molecule has 0 amide bonds. The summed E-state index contributed by atoms with van der Waals surface area (Å²) in [6.45, 7) is 3.45. The van der Waals surface area contributed by atoms with Crippen LogP contribution in [0.4, 0.5) is 0 Å². The molecule has 0 saturated heterocycles. The minimum atomic E-state index is 0. The van der Waals surface area contributed by atoms with Gasteiger partial charge in [-0.2, -0.15) is 0 Å². The van der Waals surface area contributed by atoms with Crippen molar-refractivity contribution in [3.63, 3.8) is 0 Å². The van der Waals surface area contributed by atoms with Gasteiger partial charge in [-0.3, -0.25) is 4.99 Å². The predicted octanol–water partition coefficient (Wildman–Crippen LogP) is 2.43. The zero-order valence-electron chi connectivity index (χ0n) is 11.4. The summed E-state index contributed by atoms with van der Waals surface area (Å²) in [4.78, 5) is 4.33. The highest BCUT2D eigenvalue weighted by molar-refractivity contribution is 14.0. The molecule has 0 aromatic carbocycles. The lowest BCUT2D eigenvalue weighted by molar-refractivity contribution is 0.179. The summed E-state index contributed by atoms with van der Waals surface area (Å²) >= 11 is 0. The number of methoxy groups -OCH3 is 1. The van der Waals surface area contributed by atoms with Gasteiger partial charge in [-0.25, -0.2) is 0 Å². The highest BCUT2D eigenvalue weighted by Crippen LogP contribution is 2.19. The standard InChI is InChI=1S/C13H25N3O.HI/c1-11(10-17-2)16-13(14)15-9-8-12-6-4-3-5-7-12;/h6,11H,3-5,7-10H2,1-2H3,(H3,14,15,16);1H. The van der Waals surface area contributed by atoms with Crippen LogP contribution < -0.4 is 11.1 Å². The molecule has 1 unspecified atom stereocenters. The zero-order chi connectivity index (χ0) is 12.5. The van der Waals surface area contributed by atoms with Gasteiger partial charge in [0.1, 0.15) is 0 Å². The van der Waals surface area contributed by atoms with Crippen molar-refractivity contribution < 1.29 is 4.74 Å². The van der Waals surface area contributed by atoms with Gasteiger partial charge in [0.2, 0.25) is 0 Å². The zero-order valence-corrected chi connectivity index (χ0v) is 13.8. The maximum Gasteiger partial charge on any atom is 0.188 e. The number of hydrogen-bond acceptors (Lipinski definition) is 2. The molecule has 1 atom stereocenters. The molecule has 0 heterocycles. The first kappa shape index (κ1) is 17.7. The van der Waals surface area contributed by atoms with Crippen LogP contribution in [0.2, 0.25) is 0 Å². The summed E-state index contributed by atoms with van der Waals surface area (Å²) in [5.41, 5.74) is 7.32. The Bertz CT molecular complexity index is 279. The van der Waals surface area contributed by atoms with Crippen molar-refractivity contribution in [2.45, 2.75) is 45.1 Å². The molecule has 1 rings (SSSR count). The van der Waals surface area contributed by atoms with Crippen molar-refractivity contribution in [2.75, 3.05) is 20.3 Å². The smallest absolute Gasteiger partial charge is 0.188 e. The SMILES string of the molecule is COCC(C)NC(N)=NCCC1=CCCCC1.I. The average Bonchev–Trinajstić information content (AvgIpc) is 2.30. The second-order valence-corrected chi connectivity index (χ2v) is 4.63. The van der Waals surface area contributed by atoms with Crippen LogP contribution in [0.5, 0.6) is 0 Å².